The molecule has 2 N–H and O–H groups in total. The molecule has 0 aromatic heterocycles. The molecule has 0 radical (unpaired) electrons. The zero-order chi connectivity index (χ0) is 25.9. The van der Waals surface area contributed by atoms with Crippen molar-refractivity contribution in [2.75, 3.05) is 20.3 Å². The van der Waals surface area contributed by atoms with Gasteiger partial charge in [0.2, 0.25) is 5.91 Å². The van der Waals surface area contributed by atoms with Gasteiger partial charge < -0.3 is 24.8 Å². The molecule has 1 aliphatic heterocycles. The smallest absolute Gasteiger partial charge is 0.407 e. The van der Waals surface area contributed by atoms with Crippen LogP contribution in [-0.2, 0) is 25.5 Å². The zero-order valence-electron chi connectivity index (χ0n) is 20.4. The van der Waals surface area contributed by atoms with Gasteiger partial charge in [-0.1, -0.05) is 78.9 Å². The second kappa shape index (κ2) is 10.4. The van der Waals surface area contributed by atoms with Crippen molar-refractivity contribution in [3.05, 3.63) is 95.6 Å². The number of fused-ring (bicyclic) bond motifs is 3. The van der Waals surface area contributed by atoms with Gasteiger partial charge in [-0.05, 0) is 27.8 Å². The van der Waals surface area contributed by atoms with Crippen molar-refractivity contribution >= 4 is 18.0 Å². The van der Waals surface area contributed by atoms with E-state index in [4.69, 9.17) is 9.47 Å². The minimum atomic E-state index is -1.22. The highest BCUT2D eigenvalue weighted by atomic mass is 16.5. The first-order valence-electron chi connectivity index (χ1n) is 12.2. The Kier molecular flexibility index (Phi) is 6.92. The van der Waals surface area contributed by atoms with Gasteiger partial charge in [0.25, 0.3) is 0 Å². The molecule has 5 rings (SSSR count). The number of ether oxygens (including phenoxy) is 2. The predicted octanol–water partition coefficient (Wildman–Crippen LogP) is 2.88. The lowest BCUT2D eigenvalue weighted by atomic mass is 9.98. The number of benzene rings is 3. The first-order chi connectivity index (χ1) is 18.0. The van der Waals surface area contributed by atoms with Crippen molar-refractivity contribution < 1.29 is 29.0 Å². The number of hydrogen-bond donors (Lipinski definition) is 2. The Hall–Kier alpha value is -4.17. The molecule has 3 aromatic rings. The normalized spacial score (nSPS) is 19.2. The molecule has 0 unspecified atom stereocenters. The van der Waals surface area contributed by atoms with Crippen LogP contribution in [0.2, 0.25) is 0 Å². The molecule has 1 aliphatic carbocycles. The number of carbonyl (C=O) groups excluding carboxylic acids is 3. The summed E-state index contributed by atoms with van der Waals surface area (Å²) in [5.41, 5.74) is 5.20. The summed E-state index contributed by atoms with van der Waals surface area (Å²) < 4.78 is 10.5. The molecule has 190 valence electrons. The van der Waals surface area contributed by atoms with Gasteiger partial charge >= 0.3 is 12.1 Å². The summed E-state index contributed by atoms with van der Waals surface area (Å²) in [5.74, 6) is -1.29. The number of likely N-dealkylation sites (tertiary alicyclic amines) is 1. The van der Waals surface area contributed by atoms with Gasteiger partial charge in [0.15, 0.2) is 0 Å². The Bertz CT molecular complexity index is 1270. The summed E-state index contributed by atoms with van der Waals surface area (Å²) in [5, 5.41) is 13.1. The van der Waals surface area contributed by atoms with E-state index in [1.165, 1.54) is 12.0 Å². The van der Waals surface area contributed by atoms with E-state index in [1.54, 1.807) is 0 Å². The average Bonchev–Trinajstić information content (AvgIpc) is 3.39. The van der Waals surface area contributed by atoms with Crippen LogP contribution >= 0.6 is 0 Å². The lowest BCUT2D eigenvalue weighted by molar-refractivity contribution is -0.151. The summed E-state index contributed by atoms with van der Waals surface area (Å²) in [6.07, 6.45) is -1.78. The number of β-amino-alcohol motifs (C(OH)–C–C–N with tert-alkyl or cyclic N) is 1. The maximum absolute atomic E-state index is 13.2. The van der Waals surface area contributed by atoms with Gasteiger partial charge in [0, 0.05) is 12.3 Å². The van der Waals surface area contributed by atoms with Crippen molar-refractivity contribution in [3.63, 3.8) is 0 Å². The largest absolute Gasteiger partial charge is 0.467 e. The van der Waals surface area contributed by atoms with Crippen LogP contribution in [0.25, 0.3) is 11.1 Å². The Morgan fingerprint density at radius 2 is 1.57 bits per heavy atom. The van der Waals surface area contributed by atoms with Crippen molar-refractivity contribution in [2.24, 2.45) is 0 Å². The first-order valence-corrected chi connectivity index (χ1v) is 12.2. The van der Waals surface area contributed by atoms with Crippen molar-refractivity contribution in [3.8, 4) is 11.1 Å². The van der Waals surface area contributed by atoms with E-state index in [9.17, 15) is 19.5 Å². The maximum atomic E-state index is 13.2. The van der Waals surface area contributed by atoms with Crippen molar-refractivity contribution in [1.82, 2.24) is 10.2 Å². The molecule has 2 amide bonds. The molecule has 8 heteroatoms. The van der Waals surface area contributed by atoms with E-state index in [0.29, 0.717) is 0 Å². The summed E-state index contributed by atoms with van der Waals surface area (Å²) >= 11 is 0. The Morgan fingerprint density at radius 1 is 0.973 bits per heavy atom. The average molecular weight is 501 g/mol. The van der Waals surface area contributed by atoms with Gasteiger partial charge in [0.1, 0.15) is 24.8 Å². The highest BCUT2D eigenvalue weighted by molar-refractivity contribution is 5.92. The number of esters is 1. The van der Waals surface area contributed by atoms with E-state index >= 15 is 0 Å². The third-order valence-electron chi connectivity index (χ3n) is 7.06. The van der Waals surface area contributed by atoms with Crippen LogP contribution in [0.3, 0.4) is 0 Å². The standard InChI is InChI=1S/C29H28N2O6/c1-36-28(34)24(15-18-9-3-2-4-10-18)31-16-25(32)26(27(31)33)30-29(35)37-17-23-21-13-7-5-11-19(21)20-12-6-8-14-22(20)23/h2-14,23-26,32H,15-17H2,1H3,(H,30,35)/t24-,25+,26-/m0/s1. The molecule has 1 saturated heterocycles. The molecule has 0 bridgehead atoms. The Morgan fingerprint density at radius 3 is 2.19 bits per heavy atom. The lowest BCUT2D eigenvalue weighted by Crippen LogP contribution is -2.49. The number of methoxy groups -OCH3 is 1. The molecule has 0 saturated carbocycles. The minimum Gasteiger partial charge on any atom is -0.467 e. The highest BCUT2D eigenvalue weighted by Crippen LogP contribution is 2.44. The van der Waals surface area contributed by atoms with Crippen LogP contribution < -0.4 is 5.32 Å². The van der Waals surface area contributed by atoms with Crippen LogP contribution in [0.5, 0.6) is 0 Å². The predicted molar refractivity (Wildman–Crippen MR) is 136 cm³/mol. The molecule has 2 aliphatic rings. The van der Waals surface area contributed by atoms with E-state index in [1.807, 2.05) is 78.9 Å². The van der Waals surface area contributed by atoms with Crippen LogP contribution in [0.1, 0.15) is 22.6 Å². The number of nitrogens with zero attached hydrogens (tertiary/aromatic N) is 1. The Balaban J connectivity index is 1.25. The fraction of sp³-hybridized carbons (Fsp3) is 0.276. The van der Waals surface area contributed by atoms with Crippen LogP contribution in [0.15, 0.2) is 78.9 Å². The third-order valence-corrected chi connectivity index (χ3v) is 7.06. The van der Waals surface area contributed by atoms with Crippen LogP contribution in [-0.4, -0.2) is 66.4 Å². The van der Waals surface area contributed by atoms with Gasteiger partial charge in [-0.3, -0.25) is 4.79 Å². The van der Waals surface area contributed by atoms with Gasteiger partial charge in [0.05, 0.1) is 13.7 Å². The second-order valence-electron chi connectivity index (χ2n) is 9.23. The van der Waals surface area contributed by atoms with Crippen LogP contribution in [0.4, 0.5) is 4.79 Å². The highest BCUT2D eigenvalue weighted by Gasteiger charge is 2.46. The number of alkyl carbamates (subject to hydrolysis) is 1. The van der Waals surface area contributed by atoms with Gasteiger partial charge in [-0.2, -0.15) is 0 Å². The number of nitrogens with one attached hydrogen (secondary N) is 1. The third kappa shape index (κ3) is 4.80. The Labute approximate surface area is 214 Å². The van der Waals surface area contributed by atoms with E-state index in [0.717, 1.165) is 27.8 Å². The monoisotopic (exact) mass is 500 g/mol. The number of carbonyl (C=O) groups is 3. The molecule has 37 heavy (non-hydrogen) atoms. The van der Waals surface area contributed by atoms with Gasteiger partial charge in [-0.25, -0.2) is 9.59 Å². The van der Waals surface area contributed by atoms with E-state index in [2.05, 4.69) is 5.32 Å². The summed E-state index contributed by atoms with van der Waals surface area (Å²) in [6, 6.07) is 23.1. The number of hydrogen-bond acceptors (Lipinski definition) is 6. The number of rotatable bonds is 7. The molecule has 1 heterocycles. The molecular weight excluding hydrogens is 472 g/mol. The van der Waals surface area contributed by atoms with Crippen molar-refractivity contribution in [2.45, 2.75) is 30.5 Å². The molecule has 0 spiro atoms. The second-order valence-corrected chi connectivity index (χ2v) is 9.23. The summed E-state index contributed by atoms with van der Waals surface area (Å²) in [7, 11) is 1.25. The summed E-state index contributed by atoms with van der Waals surface area (Å²) in [6.45, 7) is -0.0286. The molecule has 3 aromatic carbocycles. The lowest BCUT2D eigenvalue weighted by Gasteiger charge is -2.26. The van der Waals surface area contributed by atoms with E-state index in [-0.39, 0.29) is 25.5 Å². The number of aliphatic hydroxyl groups excluding tert-OH is 1. The number of aliphatic hydroxyl groups is 1. The quantitative estimate of drug-likeness (QED) is 0.484. The molecular formula is C29H28N2O6. The molecule has 1 fully saturated rings. The van der Waals surface area contributed by atoms with Crippen molar-refractivity contribution in [1.29, 1.82) is 0 Å². The first kappa shape index (κ1) is 24.5. The van der Waals surface area contributed by atoms with E-state index < -0.39 is 36.2 Å². The number of amides is 2. The minimum absolute atomic E-state index is 0.0827. The maximum Gasteiger partial charge on any atom is 0.407 e. The molecule has 3 atom stereocenters. The van der Waals surface area contributed by atoms with Crippen LogP contribution in [0, 0.1) is 0 Å². The topological polar surface area (TPSA) is 105 Å². The fourth-order valence-corrected chi connectivity index (χ4v) is 5.24. The SMILES string of the molecule is COC(=O)[C@H](Cc1ccccc1)N1C[C@@H](O)[C@H](NC(=O)OCC2c3ccccc3-c3ccccc32)C1=O. The molecule has 8 nitrogen and oxygen atoms in total. The van der Waals surface area contributed by atoms with Gasteiger partial charge in [-0.15, -0.1) is 0 Å². The zero-order valence-corrected chi connectivity index (χ0v) is 20.4. The summed E-state index contributed by atoms with van der Waals surface area (Å²) in [4.78, 5) is 39.7. The fourth-order valence-electron chi connectivity index (χ4n) is 5.24.